The predicted molar refractivity (Wildman–Crippen MR) is 147 cm³/mol. The maximum absolute atomic E-state index is 13.9. The zero-order chi connectivity index (χ0) is 24.9. The Hall–Kier alpha value is -3.48. The number of carbonyl (C=O) groups is 1. The Labute approximate surface area is 216 Å². The second-order valence-corrected chi connectivity index (χ2v) is 10.1. The Morgan fingerprint density at radius 3 is 2.19 bits per heavy atom. The molecule has 1 aromatic heterocycles. The minimum Gasteiger partial charge on any atom is -0.369 e. The van der Waals surface area contributed by atoms with Crippen LogP contribution in [0.25, 0.3) is 0 Å². The third kappa shape index (κ3) is 5.35. The number of para-hydroxylation sites is 1. The van der Waals surface area contributed by atoms with E-state index in [1.54, 1.807) is 11.3 Å². The van der Waals surface area contributed by atoms with Gasteiger partial charge in [0.05, 0.1) is 6.04 Å². The molecule has 0 saturated carbocycles. The highest BCUT2D eigenvalue weighted by Crippen LogP contribution is 2.40. The van der Waals surface area contributed by atoms with Gasteiger partial charge in [-0.25, -0.2) is 4.39 Å². The fourth-order valence-corrected chi connectivity index (χ4v) is 5.83. The number of nitrogens with zero attached hydrogens (tertiary/aromatic N) is 2. The highest BCUT2D eigenvalue weighted by Gasteiger charge is 2.30. The Balaban J connectivity index is 1.47. The summed E-state index contributed by atoms with van der Waals surface area (Å²) in [5.74, 6) is -0.364. The van der Waals surface area contributed by atoms with Crippen molar-refractivity contribution in [1.82, 2.24) is 4.90 Å². The van der Waals surface area contributed by atoms with E-state index in [9.17, 15) is 9.18 Å². The molecule has 1 N–H and O–H groups in total. The summed E-state index contributed by atoms with van der Waals surface area (Å²) in [5.41, 5.74) is 3.96. The lowest BCUT2D eigenvalue weighted by atomic mass is 9.97. The van der Waals surface area contributed by atoms with Gasteiger partial charge in [-0.3, -0.25) is 9.69 Å². The molecule has 6 heteroatoms. The normalized spacial score (nSPS) is 15.0. The Kier molecular flexibility index (Phi) is 7.44. The van der Waals surface area contributed by atoms with Crippen LogP contribution in [0.15, 0.2) is 91.0 Å². The minimum atomic E-state index is -0.247. The van der Waals surface area contributed by atoms with E-state index in [0.717, 1.165) is 48.7 Å². The second kappa shape index (κ2) is 11.1. The molecule has 1 amide bonds. The van der Waals surface area contributed by atoms with Crippen molar-refractivity contribution in [1.29, 1.82) is 0 Å². The molecule has 36 heavy (non-hydrogen) atoms. The van der Waals surface area contributed by atoms with Crippen LogP contribution in [0.3, 0.4) is 0 Å². The standard InChI is InChI=1S/C30H30FN3OS/c1-2-26-21-27(30(36-26)32-29(35)23-9-5-3-6-10-23)28(22-13-15-24(31)16-14-22)34-19-17-33(18-20-34)25-11-7-4-8-12-25/h3-16,21,28H,2,17-20H2,1H3,(H,32,35). The van der Waals surface area contributed by atoms with Gasteiger partial charge in [-0.1, -0.05) is 55.5 Å². The molecule has 5 rings (SSSR count). The van der Waals surface area contributed by atoms with E-state index in [-0.39, 0.29) is 17.8 Å². The molecule has 3 aromatic carbocycles. The molecule has 0 bridgehead atoms. The van der Waals surface area contributed by atoms with Gasteiger partial charge in [0.15, 0.2) is 0 Å². The molecule has 4 nitrogen and oxygen atoms in total. The lowest BCUT2D eigenvalue weighted by molar-refractivity contribution is 0.102. The molecular weight excluding hydrogens is 469 g/mol. The van der Waals surface area contributed by atoms with Gasteiger partial charge in [0, 0.05) is 47.9 Å². The Bertz CT molecular complexity index is 1280. The molecule has 0 radical (unpaired) electrons. The molecule has 1 atom stereocenters. The Morgan fingerprint density at radius 2 is 1.56 bits per heavy atom. The second-order valence-electron chi connectivity index (χ2n) is 8.98. The molecule has 184 valence electrons. The third-order valence-electron chi connectivity index (χ3n) is 6.70. The van der Waals surface area contributed by atoms with Crippen LogP contribution < -0.4 is 10.2 Å². The van der Waals surface area contributed by atoms with Crippen molar-refractivity contribution in [3.8, 4) is 0 Å². The van der Waals surface area contributed by atoms with Gasteiger partial charge >= 0.3 is 0 Å². The number of aryl methyl sites for hydroxylation is 1. The molecule has 4 aromatic rings. The smallest absolute Gasteiger partial charge is 0.256 e. The van der Waals surface area contributed by atoms with Crippen molar-refractivity contribution in [2.75, 3.05) is 36.4 Å². The van der Waals surface area contributed by atoms with E-state index in [0.29, 0.717) is 5.56 Å². The molecule has 1 aliphatic rings. The monoisotopic (exact) mass is 499 g/mol. The molecule has 1 saturated heterocycles. The number of carbonyl (C=O) groups excluding carboxylic acids is 1. The van der Waals surface area contributed by atoms with E-state index >= 15 is 0 Å². The van der Waals surface area contributed by atoms with Gasteiger partial charge in [-0.2, -0.15) is 0 Å². The van der Waals surface area contributed by atoms with E-state index in [1.165, 1.54) is 22.7 Å². The van der Waals surface area contributed by atoms with Crippen molar-refractivity contribution in [2.24, 2.45) is 0 Å². The minimum absolute atomic E-state index is 0.0776. The highest BCUT2D eigenvalue weighted by atomic mass is 32.1. The Morgan fingerprint density at radius 1 is 0.917 bits per heavy atom. The number of amides is 1. The van der Waals surface area contributed by atoms with Gasteiger partial charge in [-0.05, 0) is 54.4 Å². The summed E-state index contributed by atoms with van der Waals surface area (Å²) < 4.78 is 13.9. The number of thiophene rings is 1. The van der Waals surface area contributed by atoms with Crippen LogP contribution in [-0.4, -0.2) is 37.0 Å². The zero-order valence-corrected chi connectivity index (χ0v) is 21.2. The van der Waals surface area contributed by atoms with Crippen LogP contribution in [0, 0.1) is 5.82 Å². The van der Waals surface area contributed by atoms with E-state index in [1.807, 2.05) is 48.5 Å². The van der Waals surface area contributed by atoms with Crippen molar-refractivity contribution in [3.05, 3.63) is 118 Å². The first-order valence-electron chi connectivity index (χ1n) is 12.4. The molecule has 2 heterocycles. The molecule has 1 aliphatic heterocycles. The fraction of sp³-hybridized carbons (Fsp3) is 0.233. The van der Waals surface area contributed by atoms with Crippen molar-refractivity contribution in [3.63, 3.8) is 0 Å². The van der Waals surface area contributed by atoms with Crippen LogP contribution >= 0.6 is 11.3 Å². The van der Waals surface area contributed by atoms with Crippen LogP contribution in [0.2, 0.25) is 0 Å². The van der Waals surface area contributed by atoms with Gasteiger partial charge in [-0.15, -0.1) is 11.3 Å². The first-order valence-corrected chi connectivity index (χ1v) is 13.2. The van der Waals surface area contributed by atoms with Crippen molar-refractivity contribution >= 4 is 27.9 Å². The van der Waals surface area contributed by atoms with Crippen molar-refractivity contribution in [2.45, 2.75) is 19.4 Å². The average molecular weight is 500 g/mol. The number of hydrogen-bond donors (Lipinski definition) is 1. The summed E-state index contributed by atoms with van der Waals surface area (Å²) in [6.45, 7) is 5.65. The van der Waals surface area contributed by atoms with Crippen LogP contribution in [0.4, 0.5) is 15.1 Å². The summed E-state index contributed by atoms with van der Waals surface area (Å²) in [4.78, 5) is 19.1. The molecule has 0 spiro atoms. The summed E-state index contributed by atoms with van der Waals surface area (Å²) in [7, 11) is 0. The summed E-state index contributed by atoms with van der Waals surface area (Å²) in [5, 5.41) is 4.05. The average Bonchev–Trinajstić information content (AvgIpc) is 3.33. The van der Waals surface area contributed by atoms with Crippen molar-refractivity contribution < 1.29 is 9.18 Å². The van der Waals surface area contributed by atoms with Crippen LogP contribution in [0.5, 0.6) is 0 Å². The highest BCUT2D eigenvalue weighted by molar-refractivity contribution is 7.16. The molecular formula is C30H30FN3OS. The molecule has 1 unspecified atom stereocenters. The quantitative estimate of drug-likeness (QED) is 0.311. The van der Waals surface area contributed by atoms with E-state index in [2.05, 4.69) is 52.4 Å². The topological polar surface area (TPSA) is 35.6 Å². The zero-order valence-electron chi connectivity index (χ0n) is 20.4. The first-order chi connectivity index (χ1) is 17.6. The number of rotatable bonds is 7. The summed E-state index contributed by atoms with van der Waals surface area (Å²) in [6.07, 6.45) is 0.886. The van der Waals surface area contributed by atoms with Gasteiger partial charge in [0.25, 0.3) is 5.91 Å². The van der Waals surface area contributed by atoms with Gasteiger partial charge in [0.2, 0.25) is 0 Å². The SMILES string of the molecule is CCc1cc(C(c2ccc(F)cc2)N2CCN(c3ccccc3)CC2)c(NC(=O)c2ccccc2)s1. The number of halogens is 1. The maximum atomic E-state index is 13.9. The fourth-order valence-electron chi connectivity index (χ4n) is 4.81. The predicted octanol–water partition coefficient (Wildman–Crippen LogP) is 6.61. The number of piperazine rings is 1. The van der Waals surface area contributed by atoms with Crippen LogP contribution in [0.1, 0.15) is 39.3 Å². The summed E-state index contributed by atoms with van der Waals surface area (Å²) in [6, 6.07) is 28.7. The number of nitrogens with one attached hydrogen (secondary N) is 1. The lowest BCUT2D eigenvalue weighted by Crippen LogP contribution is -2.48. The van der Waals surface area contributed by atoms with E-state index < -0.39 is 0 Å². The maximum Gasteiger partial charge on any atom is 0.256 e. The largest absolute Gasteiger partial charge is 0.369 e. The van der Waals surface area contributed by atoms with Gasteiger partial charge in [0.1, 0.15) is 10.8 Å². The number of benzene rings is 3. The molecule has 0 aliphatic carbocycles. The lowest BCUT2D eigenvalue weighted by Gasteiger charge is -2.40. The van der Waals surface area contributed by atoms with E-state index in [4.69, 9.17) is 0 Å². The third-order valence-corrected chi connectivity index (χ3v) is 7.92. The van der Waals surface area contributed by atoms with Gasteiger partial charge < -0.3 is 10.2 Å². The summed E-state index contributed by atoms with van der Waals surface area (Å²) >= 11 is 1.63. The molecule has 1 fully saturated rings. The number of hydrogen-bond acceptors (Lipinski definition) is 4. The van der Waals surface area contributed by atoms with Crippen LogP contribution in [-0.2, 0) is 6.42 Å². The number of anilines is 2. The first kappa shape index (κ1) is 24.2.